The fraction of sp³-hybridized carbons (Fsp3) is 0.333. The van der Waals surface area contributed by atoms with Gasteiger partial charge in [0.05, 0.1) is 12.3 Å². The van der Waals surface area contributed by atoms with Crippen LogP contribution in [0.25, 0.3) is 0 Å². The van der Waals surface area contributed by atoms with Gasteiger partial charge in [-0.15, -0.1) is 0 Å². The average molecular weight is 321 g/mol. The first-order chi connectivity index (χ1) is 7.95. The summed E-state index contributed by atoms with van der Waals surface area (Å²) in [7, 11) is 0. The Morgan fingerprint density at radius 1 is 1.71 bits per heavy atom. The Bertz CT molecular complexity index is 498. The first-order valence-corrected chi connectivity index (χ1v) is 6.49. The van der Waals surface area contributed by atoms with E-state index in [-0.39, 0.29) is 6.61 Å². The number of carboxylic acid groups (broad SMARTS) is 1. The predicted octanol–water partition coefficient (Wildman–Crippen LogP) is 1.65. The van der Waals surface area contributed by atoms with Crippen LogP contribution in [-0.2, 0) is 21.0 Å². The number of hydrogen-bond donors (Lipinski definition) is 1. The summed E-state index contributed by atoms with van der Waals surface area (Å²) in [5.74, 6) is 0. The second-order valence-electron chi connectivity index (χ2n) is 3.68. The van der Waals surface area contributed by atoms with Gasteiger partial charge in [0.2, 0.25) is 0 Å². The van der Waals surface area contributed by atoms with Crippen LogP contribution in [0.4, 0.5) is 4.79 Å². The number of amides is 1. The molecule has 2 unspecified atom stereocenters. The molecule has 0 aromatic carbocycles. The summed E-state index contributed by atoms with van der Waals surface area (Å²) in [6.45, 7) is 1.64. The monoisotopic (exact) mass is 320 g/mol. The third kappa shape index (κ3) is 2.07. The third-order valence-electron chi connectivity index (χ3n) is 2.48. The van der Waals surface area contributed by atoms with E-state index in [1.807, 2.05) is 0 Å². The van der Waals surface area contributed by atoms with Crippen molar-refractivity contribution >= 4 is 33.3 Å². The summed E-state index contributed by atoms with van der Waals surface area (Å²) in [6.07, 6.45) is -1.30. The lowest BCUT2D eigenvalue weighted by Gasteiger charge is -2.27. The lowest BCUT2D eigenvalue weighted by Crippen LogP contribution is -2.44. The highest BCUT2D eigenvalue weighted by Crippen LogP contribution is 2.35. The van der Waals surface area contributed by atoms with Gasteiger partial charge in [0.15, 0.2) is 0 Å². The minimum Gasteiger partial charge on any atom is -0.464 e. The maximum atomic E-state index is 11.5. The van der Waals surface area contributed by atoms with Crippen LogP contribution >= 0.6 is 15.9 Å². The van der Waals surface area contributed by atoms with Crippen LogP contribution in [0.1, 0.15) is 12.6 Å². The molecule has 0 spiro atoms. The van der Waals surface area contributed by atoms with Crippen molar-refractivity contribution in [1.82, 2.24) is 9.29 Å². The van der Waals surface area contributed by atoms with Crippen molar-refractivity contribution in [3.05, 3.63) is 28.5 Å². The van der Waals surface area contributed by atoms with Gasteiger partial charge in [0, 0.05) is 0 Å². The van der Waals surface area contributed by atoms with Crippen LogP contribution < -0.4 is 0 Å². The van der Waals surface area contributed by atoms with E-state index in [2.05, 4.69) is 20.9 Å². The number of rotatable bonds is 1. The Balaban J connectivity index is 2.48. The minimum atomic E-state index is -1.99. The standard InChI is InChI=1S/C9H9BrN2O4S/c1-9(6-3-2-4-7(10)11-6)5-16-17(15)12(9)8(13)14/h2-4H,5H2,1H3,(H,13,14). The fourth-order valence-corrected chi connectivity index (χ4v) is 2.98. The molecule has 1 amide bonds. The molecule has 1 N–H and O–H groups in total. The second-order valence-corrected chi connectivity index (χ2v) is 5.52. The van der Waals surface area contributed by atoms with E-state index in [9.17, 15) is 9.00 Å². The molecule has 0 aliphatic carbocycles. The van der Waals surface area contributed by atoms with Gasteiger partial charge in [-0.1, -0.05) is 6.07 Å². The lowest BCUT2D eigenvalue weighted by molar-refractivity contribution is 0.137. The van der Waals surface area contributed by atoms with E-state index in [1.165, 1.54) is 0 Å². The molecule has 0 radical (unpaired) electrons. The Kier molecular flexibility index (Phi) is 3.19. The molecule has 1 aromatic rings. The van der Waals surface area contributed by atoms with Gasteiger partial charge in [-0.05, 0) is 35.0 Å². The number of aromatic nitrogens is 1. The maximum Gasteiger partial charge on any atom is 0.422 e. The molecule has 1 saturated heterocycles. The van der Waals surface area contributed by atoms with Crippen LogP contribution in [0.15, 0.2) is 22.8 Å². The van der Waals surface area contributed by atoms with E-state index >= 15 is 0 Å². The average Bonchev–Trinajstić information content (AvgIpc) is 2.56. The molecule has 92 valence electrons. The lowest BCUT2D eigenvalue weighted by atomic mass is 9.98. The third-order valence-corrected chi connectivity index (χ3v) is 4.10. The molecule has 2 heterocycles. The highest BCUT2D eigenvalue weighted by atomic mass is 79.9. The van der Waals surface area contributed by atoms with Crippen LogP contribution in [-0.4, -0.2) is 31.3 Å². The predicted molar refractivity (Wildman–Crippen MR) is 63.2 cm³/mol. The summed E-state index contributed by atoms with van der Waals surface area (Å²) >= 11 is 1.22. The molecule has 1 aliphatic heterocycles. The topological polar surface area (TPSA) is 79.7 Å². The van der Waals surface area contributed by atoms with Crippen molar-refractivity contribution in [3.63, 3.8) is 0 Å². The van der Waals surface area contributed by atoms with E-state index in [4.69, 9.17) is 9.29 Å². The minimum absolute atomic E-state index is 0.00929. The van der Waals surface area contributed by atoms with Gasteiger partial charge in [-0.2, -0.15) is 4.31 Å². The maximum absolute atomic E-state index is 11.5. The molecule has 1 aliphatic rings. The normalized spacial score (nSPS) is 28.4. The van der Waals surface area contributed by atoms with Gasteiger partial charge in [-0.25, -0.2) is 14.0 Å². The number of carbonyl (C=O) groups is 1. The van der Waals surface area contributed by atoms with Crippen molar-refractivity contribution in [1.29, 1.82) is 0 Å². The largest absolute Gasteiger partial charge is 0.464 e. The van der Waals surface area contributed by atoms with Gasteiger partial charge < -0.3 is 5.11 Å². The zero-order valence-corrected chi connectivity index (χ0v) is 11.2. The van der Waals surface area contributed by atoms with Gasteiger partial charge in [0.1, 0.15) is 10.1 Å². The molecule has 0 saturated carbocycles. The number of nitrogens with zero attached hydrogens (tertiary/aromatic N) is 2. The summed E-state index contributed by atoms with van der Waals surface area (Å²) in [6, 6.07) is 5.14. The van der Waals surface area contributed by atoms with Crippen LogP contribution in [0.5, 0.6) is 0 Å². The number of pyridine rings is 1. The summed E-state index contributed by atoms with van der Waals surface area (Å²) in [5.41, 5.74) is -0.555. The number of hydrogen-bond acceptors (Lipinski definition) is 4. The van der Waals surface area contributed by atoms with Gasteiger partial charge in [-0.3, -0.25) is 4.18 Å². The van der Waals surface area contributed by atoms with E-state index in [0.717, 1.165) is 4.31 Å². The smallest absolute Gasteiger partial charge is 0.422 e. The first kappa shape index (κ1) is 12.5. The van der Waals surface area contributed by atoms with Crippen molar-refractivity contribution in [3.8, 4) is 0 Å². The molecule has 6 nitrogen and oxygen atoms in total. The Morgan fingerprint density at radius 2 is 2.41 bits per heavy atom. The van der Waals surface area contributed by atoms with Crippen molar-refractivity contribution in [2.75, 3.05) is 6.61 Å². The van der Waals surface area contributed by atoms with Crippen molar-refractivity contribution < 1.29 is 18.3 Å². The summed E-state index contributed by atoms with van der Waals surface area (Å²) in [4.78, 5) is 15.3. The zero-order chi connectivity index (χ0) is 12.6. The summed E-state index contributed by atoms with van der Waals surface area (Å²) in [5, 5.41) is 9.06. The molecule has 1 fully saturated rings. The molecule has 8 heteroatoms. The fourth-order valence-electron chi connectivity index (χ4n) is 1.60. The van der Waals surface area contributed by atoms with Crippen molar-refractivity contribution in [2.24, 2.45) is 0 Å². The summed E-state index contributed by atoms with van der Waals surface area (Å²) < 4.78 is 17.7. The Labute approximate surface area is 109 Å². The Hall–Kier alpha value is -0.990. The van der Waals surface area contributed by atoms with Crippen LogP contribution in [0.2, 0.25) is 0 Å². The van der Waals surface area contributed by atoms with Gasteiger partial charge >= 0.3 is 6.09 Å². The molecular formula is C9H9BrN2O4S. The molecule has 17 heavy (non-hydrogen) atoms. The van der Waals surface area contributed by atoms with E-state index in [1.54, 1.807) is 25.1 Å². The first-order valence-electron chi connectivity index (χ1n) is 4.66. The zero-order valence-electron chi connectivity index (χ0n) is 8.79. The SMILES string of the molecule is CC1(c2cccc(Br)n2)COS(=O)N1C(=O)O. The molecule has 2 atom stereocenters. The molecule has 0 bridgehead atoms. The highest BCUT2D eigenvalue weighted by Gasteiger charge is 2.49. The van der Waals surface area contributed by atoms with Crippen LogP contribution in [0.3, 0.4) is 0 Å². The van der Waals surface area contributed by atoms with E-state index in [0.29, 0.717) is 10.3 Å². The highest BCUT2D eigenvalue weighted by molar-refractivity contribution is 9.10. The number of halogens is 1. The second kappa shape index (κ2) is 4.35. The molecule has 2 rings (SSSR count). The van der Waals surface area contributed by atoms with E-state index < -0.39 is 22.9 Å². The van der Waals surface area contributed by atoms with Crippen molar-refractivity contribution in [2.45, 2.75) is 12.5 Å². The molecular weight excluding hydrogens is 312 g/mol. The Morgan fingerprint density at radius 3 is 3.00 bits per heavy atom. The quantitative estimate of drug-likeness (QED) is 0.796. The van der Waals surface area contributed by atoms with Crippen LogP contribution in [0, 0.1) is 0 Å². The molecule has 1 aromatic heterocycles. The van der Waals surface area contributed by atoms with Gasteiger partial charge in [0.25, 0.3) is 11.3 Å².